The molecule has 1 atom stereocenters. The first-order valence-electron chi connectivity index (χ1n) is 7.63. The molecule has 0 radical (unpaired) electrons. The molecule has 0 bridgehead atoms. The monoisotopic (exact) mass is 312 g/mol. The van der Waals surface area contributed by atoms with Crippen LogP contribution in [0.3, 0.4) is 0 Å². The lowest BCUT2D eigenvalue weighted by atomic mass is 9.94. The van der Waals surface area contributed by atoms with Gasteiger partial charge in [-0.15, -0.1) is 0 Å². The Kier molecular flexibility index (Phi) is 5.34. The molecule has 0 saturated heterocycles. The van der Waals surface area contributed by atoms with Crippen molar-refractivity contribution in [1.82, 2.24) is 10.6 Å². The maximum atomic E-state index is 13.8. The Morgan fingerprint density at radius 2 is 1.95 bits per heavy atom. The molecule has 22 heavy (non-hydrogen) atoms. The fraction of sp³-hybridized carbons (Fsp3) is 0.562. The minimum Gasteiger partial charge on any atom is -0.391 e. The van der Waals surface area contributed by atoms with Gasteiger partial charge in [0.05, 0.1) is 6.10 Å². The molecular formula is C16H22F2N2O2. The number of rotatable bonds is 7. The van der Waals surface area contributed by atoms with Crippen molar-refractivity contribution in [3.05, 3.63) is 35.4 Å². The molecule has 0 aliphatic heterocycles. The first kappa shape index (κ1) is 16.7. The molecular weight excluding hydrogens is 290 g/mol. The number of nitrogens with one attached hydrogen (secondary N) is 2. The molecule has 0 spiro atoms. The lowest BCUT2D eigenvalue weighted by Gasteiger charge is -2.19. The van der Waals surface area contributed by atoms with Crippen LogP contribution in [0.1, 0.15) is 38.2 Å². The summed E-state index contributed by atoms with van der Waals surface area (Å²) in [6, 6.07) is 3.37. The summed E-state index contributed by atoms with van der Waals surface area (Å²) < 4.78 is 27.7. The second kappa shape index (κ2) is 7.05. The summed E-state index contributed by atoms with van der Waals surface area (Å²) in [6.07, 6.45) is 2.16. The van der Waals surface area contributed by atoms with Crippen molar-refractivity contribution in [3.8, 4) is 0 Å². The molecule has 1 aromatic rings. The first-order chi connectivity index (χ1) is 10.5. The van der Waals surface area contributed by atoms with Crippen molar-refractivity contribution in [1.29, 1.82) is 0 Å². The molecule has 1 aliphatic rings. The van der Waals surface area contributed by atoms with Gasteiger partial charge in [-0.25, -0.2) is 13.6 Å². The number of hydrogen-bond acceptors (Lipinski definition) is 2. The van der Waals surface area contributed by atoms with Gasteiger partial charge in [-0.1, -0.05) is 19.4 Å². The summed E-state index contributed by atoms with van der Waals surface area (Å²) >= 11 is 0. The van der Waals surface area contributed by atoms with E-state index in [2.05, 4.69) is 10.6 Å². The number of hydrogen-bond donors (Lipinski definition) is 3. The number of aliphatic hydroxyl groups is 1. The fourth-order valence-corrected chi connectivity index (χ4v) is 2.63. The molecule has 4 nitrogen and oxygen atoms in total. The number of halogens is 2. The standard InChI is InChI=1S/C16H22F2N2O2/c1-2-4-11(21)9-19-15(22)20-10-16(7-8-16)14-12(17)5-3-6-13(14)18/h3,5-6,11,21H,2,4,7-10H2,1H3,(H2,19,20,22). The Bertz CT molecular complexity index is 513. The van der Waals surface area contributed by atoms with Crippen LogP contribution in [0.2, 0.25) is 0 Å². The highest BCUT2D eigenvalue weighted by atomic mass is 19.1. The van der Waals surface area contributed by atoms with Crippen LogP contribution in [0.25, 0.3) is 0 Å². The Labute approximate surface area is 128 Å². The van der Waals surface area contributed by atoms with E-state index in [0.29, 0.717) is 19.3 Å². The number of aliphatic hydroxyl groups excluding tert-OH is 1. The fourth-order valence-electron chi connectivity index (χ4n) is 2.63. The smallest absolute Gasteiger partial charge is 0.314 e. The number of urea groups is 1. The average molecular weight is 312 g/mol. The van der Waals surface area contributed by atoms with E-state index in [0.717, 1.165) is 6.42 Å². The van der Waals surface area contributed by atoms with E-state index in [1.807, 2.05) is 6.92 Å². The number of benzene rings is 1. The molecule has 1 aromatic carbocycles. The third-order valence-electron chi connectivity index (χ3n) is 4.05. The molecule has 1 fully saturated rings. The second-order valence-corrected chi connectivity index (χ2v) is 5.88. The van der Waals surface area contributed by atoms with E-state index in [1.54, 1.807) is 0 Å². The van der Waals surface area contributed by atoms with E-state index < -0.39 is 29.2 Å². The zero-order valence-corrected chi connectivity index (χ0v) is 12.7. The van der Waals surface area contributed by atoms with Crippen LogP contribution in [0, 0.1) is 11.6 Å². The summed E-state index contributed by atoms with van der Waals surface area (Å²) in [5, 5.41) is 14.7. The Morgan fingerprint density at radius 1 is 1.32 bits per heavy atom. The van der Waals surface area contributed by atoms with Crippen molar-refractivity contribution in [2.75, 3.05) is 13.1 Å². The average Bonchev–Trinajstić information content (AvgIpc) is 3.24. The third-order valence-corrected chi connectivity index (χ3v) is 4.05. The van der Waals surface area contributed by atoms with E-state index in [1.165, 1.54) is 18.2 Å². The van der Waals surface area contributed by atoms with Gasteiger partial charge in [0.2, 0.25) is 0 Å². The Balaban J connectivity index is 1.87. The lowest BCUT2D eigenvalue weighted by molar-refractivity contribution is 0.160. The zero-order valence-electron chi connectivity index (χ0n) is 12.7. The van der Waals surface area contributed by atoms with E-state index in [4.69, 9.17) is 0 Å². The Morgan fingerprint density at radius 3 is 2.50 bits per heavy atom. The zero-order chi connectivity index (χ0) is 16.2. The number of carbonyl (C=O) groups excluding carboxylic acids is 1. The van der Waals surface area contributed by atoms with E-state index in [9.17, 15) is 18.7 Å². The molecule has 6 heteroatoms. The van der Waals surface area contributed by atoms with Crippen LogP contribution in [0.15, 0.2) is 18.2 Å². The normalized spacial score (nSPS) is 16.9. The van der Waals surface area contributed by atoms with Crippen molar-refractivity contribution in [2.24, 2.45) is 0 Å². The van der Waals surface area contributed by atoms with Gasteiger partial charge < -0.3 is 15.7 Å². The van der Waals surface area contributed by atoms with Crippen molar-refractivity contribution < 1.29 is 18.7 Å². The molecule has 1 aliphatic carbocycles. The maximum Gasteiger partial charge on any atom is 0.314 e. The topological polar surface area (TPSA) is 61.4 Å². The van der Waals surface area contributed by atoms with Crippen LogP contribution >= 0.6 is 0 Å². The first-order valence-corrected chi connectivity index (χ1v) is 7.63. The molecule has 3 N–H and O–H groups in total. The second-order valence-electron chi connectivity index (χ2n) is 5.88. The Hall–Kier alpha value is -1.69. The minimum atomic E-state index is -0.644. The van der Waals surface area contributed by atoms with Crippen LogP contribution < -0.4 is 10.6 Å². The van der Waals surface area contributed by atoms with Crippen molar-refractivity contribution >= 4 is 6.03 Å². The van der Waals surface area contributed by atoms with Gasteiger partial charge in [0.25, 0.3) is 0 Å². The van der Waals surface area contributed by atoms with Crippen molar-refractivity contribution in [2.45, 2.75) is 44.1 Å². The summed E-state index contributed by atoms with van der Waals surface area (Å²) in [5.74, 6) is -1.14. The van der Waals surface area contributed by atoms with Gasteiger partial charge in [0.15, 0.2) is 0 Å². The maximum absolute atomic E-state index is 13.8. The molecule has 0 heterocycles. The lowest BCUT2D eigenvalue weighted by Crippen LogP contribution is -2.43. The predicted octanol–water partition coefficient (Wildman–Crippen LogP) is 2.46. The van der Waals surface area contributed by atoms with E-state index >= 15 is 0 Å². The summed E-state index contributed by atoms with van der Waals surface area (Å²) in [4.78, 5) is 11.7. The summed E-state index contributed by atoms with van der Waals surface area (Å²) in [6.45, 7) is 2.30. The van der Waals surface area contributed by atoms with Gasteiger partial charge >= 0.3 is 6.03 Å². The molecule has 2 rings (SSSR count). The highest BCUT2D eigenvalue weighted by molar-refractivity contribution is 5.74. The molecule has 122 valence electrons. The van der Waals surface area contributed by atoms with Gasteiger partial charge in [-0.05, 0) is 31.4 Å². The molecule has 0 aromatic heterocycles. The summed E-state index contributed by atoms with van der Waals surface area (Å²) in [5.41, 5.74) is -0.587. The minimum absolute atomic E-state index is 0.0568. The molecule has 2 amide bonds. The highest BCUT2D eigenvalue weighted by Gasteiger charge is 2.47. The predicted molar refractivity (Wildman–Crippen MR) is 79.6 cm³/mol. The van der Waals surface area contributed by atoms with Gasteiger partial charge in [0.1, 0.15) is 11.6 Å². The van der Waals surface area contributed by atoms with Gasteiger partial charge in [0, 0.05) is 24.1 Å². The van der Waals surface area contributed by atoms with E-state index in [-0.39, 0.29) is 18.7 Å². The summed E-state index contributed by atoms with van der Waals surface area (Å²) in [7, 11) is 0. The van der Waals surface area contributed by atoms with Crippen LogP contribution in [-0.4, -0.2) is 30.3 Å². The van der Waals surface area contributed by atoms with Gasteiger partial charge in [-0.3, -0.25) is 0 Å². The SMILES string of the molecule is CCCC(O)CNC(=O)NCC1(c2c(F)cccc2F)CC1. The number of carbonyl (C=O) groups is 1. The molecule has 1 unspecified atom stereocenters. The number of amides is 2. The largest absolute Gasteiger partial charge is 0.391 e. The van der Waals surface area contributed by atoms with Crippen LogP contribution in [0.4, 0.5) is 13.6 Å². The quantitative estimate of drug-likeness (QED) is 0.724. The molecule has 1 saturated carbocycles. The van der Waals surface area contributed by atoms with Crippen LogP contribution in [0.5, 0.6) is 0 Å². The highest BCUT2D eigenvalue weighted by Crippen LogP contribution is 2.49. The third kappa shape index (κ3) is 3.94. The van der Waals surface area contributed by atoms with Crippen molar-refractivity contribution in [3.63, 3.8) is 0 Å². The van der Waals surface area contributed by atoms with Crippen LogP contribution in [-0.2, 0) is 5.41 Å². The van der Waals surface area contributed by atoms with Gasteiger partial charge in [-0.2, -0.15) is 0 Å².